The van der Waals surface area contributed by atoms with E-state index >= 15 is 0 Å². The zero-order chi connectivity index (χ0) is 15.4. The smallest absolute Gasteiger partial charge is 0.219 e. The predicted molar refractivity (Wildman–Crippen MR) is 86.7 cm³/mol. The molecule has 0 aliphatic carbocycles. The number of piperazine rings is 1. The number of anilines is 1. The van der Waals surface area contributed by atoms with E-state index in [0.717, 1.165) is 56.1 Å². The summed E-state index contributed by atoms with van der Waals surface area (Å²) in [5, 5.41) is 3.32. The van der Waals surface area contributed by atoms with Crippen LogP contribution in [0.3, 0.4) is 0 Å². The second-order valence-corrected chi connectivity index (χ2v) is 5.52. The van der Waals surface area contributed by atoms with Crippen LogP contribution in [0, 0.1) is 0 Å². The zero-order valence-corrected chi connectivity index (χ0v) is 12.8. The van der Waals surface area contributed by atoms with Gasteiger partial charge in [-0.05, 0) is 12.1 Å². The second-order valence-electron chi connectivity index (χ2n) is 5.52. The maximum Gasteiger partial charge on any atom is 0.219 e. The fraction of sp³-hybridized carbons (Fsp3) is 0.438. The van der Waals surface area contributed by atoms with Crippen LogP contribution in [0.15, 0.2) is 30.5 Å². The van der Waals surface area contributed by atoms with Crippen LogP contribution in [0.2, 0.25) is 0 Å². The Morgan fingerprint density at radius 1 is 1.18 bits per heavy atom. The highest BCUT2D eigenvalue weighted by Crippen LogP contribution is 2.11. The first-order chi connectivity index (χ1) is 10.7. The third-order valence-electron chi connectivity index (χ3n) is 4.00. The summed E-state index contributed by atoms with van der Waals surface area (Å²) in [4.78, 5) is 24.5. The molecule has 2 aromatic rings. The number of benzene rings is 1. The molecule has 22 heavy (non-hydrogen) atoms. The molecule has 1 aliphatic rings. The number of para-hydroxylation sites is 2. The fourth-order valence-corrected chi connectivity index (χ4v) is 2.67. The Bertz CT molecular complexity index is 652. The lowest BCUT2D eigenvalue weighted by Gasteiger charge is -2.34. The Hall–Kier alpha value is -2.21. The van der Waals surface area contributed by atoms with Gasteiger partial charge in [0.15, 0.2) is 0 Å². The monoisotopic (exact) mass is 299 g/mol. The van der Waals surface area contributed by atoms with Gasteiger partial charge in [-0.25, -0.2) is 4.98 Å². The molecule has 0 spiro atoms. The molecule has 1 fully saturated rings. The molecule has 0 unspecified atom stereocenters. The van der Waals surface area contributed by atoms with E-state index in [4.69, 9.17) is 0 Å². The van der Waals surface area contributed by atoms with Crippen molar-refractivity contribution >= 4 is 22.8 Å². The number of hydrogen-bond acceptors (Lipinski definition) is 5. The first kappa shape index (κ1) is 14.7. The van der Waals surface area contributed by atoms with Gasteiger partial charge in [-0.1, -0.05) is 12.1 Å². The number of carbonyl (C=O) groups is 1. The summed E-state index contributed by atoms with van der Waals surface area (Å²) in [7, 11) is 0. The van der Waals surface area contributed by atoms with Crippen molar-refractivity contribution in [2.45, 2.75) is 6.92 Å². The summed E-state index contributed by atoms with van der Waals surface area (Å²) in [6, 6.07) is 7.86. The van der Waals surface area contributed by atoms with E-state index in [1.807, 2.05) is 29.2 Å². The molecule has 1 N–H and O–H groups in total. The van der Waals surface area contributed by atoms with Crippen molar-refractivity contribution in [2.24, 2.45) is 0 Å². The van der Waals surface area contributed by atoms with Crippen LogP contribution in [0.5, 0.6) is 0 Å². The van der Waals surface area contributed by atoms with Gasteiger partial charge < -0.3 is 10.2 Å². The van der Waals surface area contributed by atoms with Crippen LogP contribution in [0.1, 0.15) is 6.92 Å². The van der Waals surface area contributed by atoms with E-state index in [1.165, 1.54) is 0 Å². The maximum absolute atomic E-state index is 11.3. The number of rotatable bonds is 4. The zero-order valence-electron chi connectivity index (χ0n) is 12.8. The van der Waals surface area contributed by atoms with Crippen molar-refractivity contribution in [1.29, 1.82) is 0 Å². The molecule has 116 valence electrons. The van der Waals surface area contributed by atoms with Crippen LogP contribution in [-0.2, 0) is 4.79 Å². The third-order valence-corrected chi connectivity index (χ3v) is 4.00. The molecule has 0 radical (unpaired) electrons. The summed E-state index contributed by atoms with van der Waals surface area (Å²) in [5.74, 6) is 0.977. The van der Waals surface area contributed by atoms with Crippen molar-refractivity contribution in [3.63, 3.8) is 0 Å². The molecule has 1 aromatic carbocycles. The van der Waals surface area contributed by atoms with Crippen LogP contribution >= 0.6 is 0 Å². The lowest BCUT2D eigenvalue weighted by molar-refractivity contribution is -0.130. The summed E-state index contributed by atoms with van der Waals surface area (Å²) in [6.45, 7) is 6.93. The van der Waals surface area contributed by atoms with E-state index in [9.17, 15) is 4.79 Å². The van der Waals surface area contributed by atoms with Gasteiger partial charge in [0.1, 0.15) is 5.82 Å². The number of nitrogens with zero attached hydrogens (tertiary/aromatic N) is 4. The Labute approximate surface area is 130 Å². The number of fused-ring (bicyclic) bond motifs is 1. The highest BCUT2D eigenvalue weighted by molar-refractivity contribution is 5.75. The van der Waals surface area contributed by atoms with Crippen molar-refractivity contribution < 1.29 is 4.79 Å². The molecule has 1 aromatic heterocycles. The standard InChI is InChI=1S/C16H21N5O/c1-13(22)21-10-8-20(9-11-21)7-6-17-16-12-18-14-4-2-3-5-15(14)19-16/h2-5,12H,6-11H2,1H3,(H,17,19). The molecular weight excluding hydrogens is 278 g/mol. The first-order valence-corrected chi connectivity index (χ1v) is 7.66. The van der Waals surface area contributed by atoms with Crippen LogP contribution < -0.4 is 5.32 Å². The summed E-state index contributed by atoms with van der Waals surface area (Å²) in [5.41, 5.74) is 1.82. The van der Waals surface area contributed by atoms with E-state index in [2.05, 4.69) is 20.2 Å². The Balaban J connectivity index is 1.47. The van der Waals surface area contributed by atoms with Gasteiger partial charge in [0.2, 0.25) is 5.91 Å². The van der Waals surface area contributed by atoms with Crippen LogP contribution in [0.4, 0.5) is 5.82 Å². The van der Waals surface area contributed by atoms with Crippen molar-refractivity contribution in [1.82, 2.24) is 19.8 Å². The summed E-state index contributed by atoms with van der Waals surface area (Å²) >= 11 is 0. The lowest BCUT2D eigenvalue weighted by Crippen LogP contribution is -2.49. The van der Waals surface area contributed by atoms with Gasteiger partial charge in [0, 0.05) is 46.2 Å². The predicted octanol–water partition coefficient (Wildman–Crippen LogP) is 1.21. The van der Waals surface area contributed by atoms with Crippen LogP contribution in [-0.4, -0.2) is 64.9 Å². The third kappa shape index (κ3) is 3.51. The van der Waals surface area contributed by atoms with Gasteiger partial charge in [-0.3, -0.25) is 14.7 Å². The van der Waals surface area contributed by atoms with Gasteiger partial charge >= 0.3 is 0 Å². The number of carbonyl (C=O) groups excluding carboxylic acids is 1. The minimum absolute atomic E-state index is 0.171. The molecular formula is C16H21N5O. The first-order valence-electron chi connectivity index (χ1n) is 7.66. The fourth-order valence-electron chi connectivity index (χ4n) is 2.67. The molecule has 6 heteroatoms. The van der Waals surface area contributed by atoms with Gasteiger partial charge in [-0.15, -0.1) is 0 Å². The molecule has 1 aliphatic heterocycles. The Morgan fingerprint density at radius 2 is 1.91 bits per heavy atom. The van der Waals surface area contributed by atoms with Gasteiger partial charge in [0.25, 0.3) is 0 Å². The van der Waals surface area contributed by atoms with E-state index in [1.54, 1.807) is 13.1 Å². The van der Waals surface area contributed by atoms with Crippen LogP contribution in [0.25, 0.3) is 11.0 Å². The van der Waals surface area contributed by atoms with Crippen molar-refractivity contribution in [3.05, 3.63) is 30.5 Å². The quantitative estimate of drug-likeness (QED) is 0.919. The molecule has 1 amide bonds. The molecule has 0 saturated carbocycles. The lowest BCUT2D eigenvalue weighted by atomic mass is 10.3. The average molecular weight is 299 g/mol. The van der Waals surface area contributed by atoms with Gasteiger partial charge in [-0.2, -0.15) is 0 Å². The number of nitrogens with one attached hydrogen (secondary N) is 1. The normalized spacial score (nSPS) is 16.0. The summed E-state index contributed by atoms with van der Waals surface area (Å²) < 4.78 is 0. The van der Waals surface area contributed by atoms with Crippen molar-refractivity contribution in [2.75, 3.05) is 44.6 Å². The topological polar surface area (TPSA) is 61.4 Å². The van der Waals surface area contributed by atoms with Crippen molar-refractivity contribution in [3.8, 4) is 0 Å². The highest BCUT2D eigenvalue weighted by atomic mass is 16.2. The van der Waals surface area contributed by atoms with E-state index in [0.29, 0.717) is 0 Å². The molecule has 3 rings (SSSR count). The largest absolute Gasteiger partial charge is 0.367 e. The highest BCUT2D eigenvalue weighted by Gasteiger charge is 2.17. The molecule has 1 saturated heterocycles. The Kier molecular flexibility index (Phi) is 4.48. The average Bonchev–Trinajstić information content (AvgIpc) is 2.55. The SMILES string of the molecule is CC(=O)N1CCN(CCNc2cnc3ccccc3n2)CC1. The van der Waals surface area contributed by atoms with E-state index in [-0.39, 0.29) is 5.91 Å². The molecule has 6 nitrogen and oxygen atoms in total. The number of amides is 1. The minimum Gasteiger partial charge on any atom is -0.367 e. The minimum atomic E-state index is 0.171. The number of aromatic nitrogens is 2. The summed E-state index contributed by atoms with van der Waals surface area (Å²) in [6.07, 6.45) is 1.77. The maximum atomic E-state index is 11.3. The number of hydrogen-bond donors (Lipinski definition) is 1. The van der Waals surface area contributed by atoms with E-state index < -0.39 is 0 Å². The molecule has 0 atom stereocenters. The Morgan fingerprint density at radius 3 is 2.64 bits per heavy atom. The second kappa shape index (κ2) is 6.70. The van der Waals surface area contributed by atoms with Gasteiger partial charge in [0.05, 0.1) is 17.2 Å². The molecule has 0 bridgehead atoms. The molecule has 2 heterocycles.